The SMILES string of the molecule is COC1CC2C(CC[NH+]3CC4C(CCC(O)C4OC)CC23)CC1O. The molecule has 0 spiro atoms. The number of rotatable bonds is 2. The van der Waals surface area contributed by atoms with Crippen molar-refractivity contribution < 1.29 is 24.6 Å². The van der Waals surface area contributed by atoms with Gasteiger partial charge in [-0.1, -0.05) is 0 Å². The molecule has 2 saturated carbocycles. The molecule has 0 aromatic rings. The summed E-state index contributed by atoms with van der Waals surface area (Å²) >= 11 is 0. The van der Waals surface area contributed by atoms with Gasteiger partial charge >= 0.3 is 0 Å². The second-order valence-electron chi connectivity index (χ2n) is 8.75. The maximum Gasteiger partial charge on any atom is 0.0914 e. The van der Waals surface area contributed by atoms with Gasteiger partial charge in [0.1, 0.15) is 0 Å². The van der Waals surface area contributed by atoms with Gasteiger partial charge in [-0.15, -0.1) is 0 Å². The Morgan fingerprint density at radius 3 is 2.38 bits per heavy atom. The Morgan fingerprint density at radius 1 is 0.833 bits per heavy atom. The number of methoxy groups -OCH3 is 2. The first-order valence-electron chi connectivity index (χ1n) is 9.88. The Kier molecular flexibility index (Phi) is 4.91. The molecule has 4 aliphatic rings. The summed E-state index contributed by atoms with van der Waals surface area (Å²) in [5, 5.41) is 20.6. The second kappa shape index (κ2) is 6.84. The molecule has 3 N–H and O–H groups in total. The van der Waals surface area contributed by atoms with E-state index < -0.39 is 0 Å². The molecule has 24 heavy (non-hydrogen) atoms. The molecule has 5 heteroatoms. The minimum atomic E-state index is -0.285. The zero-order valence-corrected chi connectivity index (χ0v) is 15.1. The minimum absolute atomic E-state index is 0.0169. The van der Waals surface area contributed by atoms with Crippen LogP contribution in [0, 0.1) is 23.7 Å². The van der Waals surface area contributed by atoms with Gasteiger partial charge in [-0.3, -0.25) is 0 Å². The van der Waals surface area contributed by atoms with Crippen LogP contribution in [0.1, 0.15) is 38.5 Å². The standard InChI is InChI=1S/C19H33NO4/c1-23-18-9-13-12(8-17(18)22)5-6-20-10-14-11(7-15(13)20)3-4-16(21)19(14)24-2/h11-19,21-22H,3-10H2,1-2H3/p+1. The van der Waals surface area contributed by atoms with Gasteiger partial charge in [-0.25, -0.2) is 0 Å². The minimum Gasteiger partial charge on any atom is -0.390 e. The first-order chi connectivity index (χ1) is 11.6. The molecule has 2 aliphatic carbocycles. The van der Waals surface area contributed by atoms with E-state index in [9.17, 15) is 10.2 Å². The summed E-state index contributed by atoms with van der Waals surface area (Å²) in [6, 6.07) is 0.711. The average Bonchev–Trinajstić information content (AvgIpc) is 2.59. The molecule has 2 saturated heterocycles. The van der Waals surface area contributed by atoms with Crippen molar-refractivity contribution in [3.05, 3.63) is 0 Å². The molecule has 2 heterocycles. The zero-order valence-electron chi connectivity index (χ0n) is 15.1. The van der Waals surface area contributed by atoms with Crippen molar-refractivity contribution in [1.82, 2.24) is 0 Å². The topological polar surface area (TPSA) is 63.4 Å². The molecule has 2 aliphatic heterocycles. The number of aliphatic hydroxyl groups excluding tert-OH is 2. The molecule has 10 unspecified atom stereocenters. The second-order valence-corrected chi connectivity index (χ2v) is 8.75. The Morgan fingerprint density at radius 2 is 1.62 bits per heavy atom. The van der Waals surface area contributed by atoms with Crippen molar-refractivity contribution in [2.24, 2.45) is 23.7 Å². The normalized spacial score (nSPS) is 54.5. The van der Waals surface area contributed by atoms with Gasteiger partial charge in [0.05, 0.1) is 43.5 Å². The molecule has 0 amide bonds. The number of ether oxygens (including phenoxy) is 2. The predicted molar refractivity (Wildman–Crippen MR) is 89.8 cm³/mol. The first-order valence-corrected chi connectivity index (χ1v) is 9.88. The van der Waals surface area contributed by atoms with E-state index >= 15 is 0 Å². The summed E-state index contributed by atoms with van der Waals surface area (Å²) in [5.41, 5.74) is 0. The number of piperidine rings is 2. The summed E-state index contributed by atoms with van der Waals surface area (Å²) < 4.78 is 11.3. The van der Waals surface area contributed by atoms with Crippen LogP contribution in [0.15, 0.2) is 0 Å². The summed E-state index contributed by atoms with van der Waals surface area (Å²) in [7, 11) is 3.50. The predicted octanol–water partition coefficient (Wildman–Crippen LogP) is -0.148. The van der Waals surface area contributed by atoms with E-state index in [2.05, 4.69) is 0 Å². The van der Waals surface area contributed by atoms with Crippen LogP contribution in [0.2, 0.25) is 0 Å². The molecule has 0 radical (unpaired) electrons. The van der Waals surface area contributed by atoms with E-state index in [1.807, 2.05) is 0 Å². The maximum absolute atomic E-state index is 10.3. The van der Waals surface area contributed by atoms with Crippen molar-refractivity contribution in [2.75, 3.05) is 27.3 Å². The molecular formula is C19H34NO4+. The number of hydrogen-bond donors (Lipinski definition) is 3. The van der Waals surface area contributed by atoms with E-state index in [0.717, 1.165) is 32.2 Å². The Hall–Kier alpha value is -0.200. The molecule has 10 atom stereocenters. The number of quaternary nitrogens is 1. The molecular weight excluding hydrogens is 306 g/mol. The highest BCUT2D eigenvalue weighted by Crippen LogP contribution is 2.43. The van der Waals surface area contributed by atoms with Crippen LogP contribution in [-0.2, 0) is 9.47 Å². The van der Waals surface area contributed by atoms with Crippen LogP contribution in [0.3, 0.4) is 0 Å². The van der Waals surface area contributed by atoms with Crippen LogP contribution in [0.25, 0.3) is 0 Å². The molecule has 0 aromatic heterocycles. The van der Waals surface area contributed by atoms with Crippen LogP contribution in [-0.4, -0.2) is 68.0 Å². The Balaban J connectivity index is 1.51. The Labute approximate surface area is 145 Å². The summed E-state index contributed by atoms with van der Waals surface area (Å²) in [5.74, 6) is 2.56. The van der Waals surface area contributed by atoms with Gasteiger partial charge in [0.25, 0.3) is 0 Å². The quantitative estimate of drug-likeness (QED) is 0.654. The third-order valence-electron chi connectivity index (χ3n) is 7.83. The molecule has 4 rings (SSSR count). The largest absolute Gasteiger partial charge is 0.390 e. The van der Waals surface area contributed by atoms with Crippen molar-refractivity contribution in [2.45, 2.75) is 69.0 Å². The van der Waals surface area contributed by atoms with E-state index in [4.69, 9.17) is 9.47 Å². The average molecular weight is 340 g/mol. The molecule has 0 bridgehead atoms. The summed E-state index contributed by atoms with van der Waals surface area (Å²) in [4.78, 5) is 1.72. The highest BCUT2D eigenvalue weighted by Gasteiger charge is 2.53. The smallest absolute Gasteiger partial charge is 0.0914 e. The number of aliphatic hydroxyl groups is 2. The van der Waals surface area contributed by atoms with Crippen molar-refractivity contribution in [3.63, 3.8) is 0 Å². The van der Waals surface area contributed by atoms with E-state index in [1.54, 1.807) is 19.1 Å². The lowest BCUT2D eigenvalue weighted by atomic mass is 9.62. The van der Waals surface area contributed by atoms with Gasteiger partial charge in [0, 0.05) is 32.5 Å². The fourth-order valence-electron chi connectivity index (χ4n) is 6.64. The van der Waals surface area contributed by atoms with Crippen molar-refractivity contribution >= 4 is 0 Å². The fraction of sp³-hybridized carbons (Fsp3) is 1.00. The van der Waals surface area contributed by atoms with E-state index in [-0.39, 0.29) is 24.4 Å². The van der Waals surface area contributed by atoms with Crippen molar-refractivity contribution in [3.8, 4) is 0 Å². The fourth-order valence-corrected chi connectivity index (χ4v) is 6.64. The summed E-state index contributed by atoms with van der Waals surface area (Å²) in [6.45, 7) is 2.36. The van der Waals surface area contributed by atoms with E-state index in [0.29, 0.717) is 29.7 Å². The van der Waals surface area contributed by atoms with Crippen LogP contribution < -0.4 is 4.90 Å². The first kappa shape index (κ1) is 17.2. The van der Waals surface area contributed by atoms with Crippen LogP contribution in [0.5, 0.6) is 0 Å². The van der Waals surface area contributed by atoms with E-state index in [1.165, 1.54) is 19.4 Å². The van der Waals surface area contributed by atoms with Crippen LogP contribution in [0.4, 0.5) is 0 Å². The molecule has 4 fully saturated rings. The van der Waals surface area contributed by atoms with Gasteiger partial charge < -0.3 is 24.6 Å². The lowest BCUT2D eigenvalue weighted by Gasteiger charge is -2.54. The van der Waals surface area contributed by atoms with Gasteiger partial charge in [-0.2, -0.15) is 0 Å². The lowest BCUT2D eigenvalue weighted by molar-refractivity contribution is -0.948. The number of nitrogens with one attached hydrogen (secondary N) is 1. The maximum atomic E-state index is 10.3. The van der Waals surface area contributed by atoms with Gasteiger partial charge in [-0.05, 0) is 43.9 Å². The van der Waals surface area contributed by atoms with Crippen molar-refractivity contribution in [1.29, 1.82) is 0 Å². The third-order valence-corrected chi connectivity index (χ3v) is 7.83. The molecule has 0 aromatic carbocycles. The number of hydrogen-bond acceptors (Lipinski definition) is 4. The molecule has 138 valence electrons. The third kappa shape index (κ3) is 2.82. The Bertz CT molecular complexity index is 447. The lowest BCUT2D eigenvalue weighted by Crippen LogP contribution is -3.20. The zero-order chi connectivity index (χ0) is 16.8. The molecule has 5 nitrogen and oxygen atoms in total. The number of fused-ring (bicyclic) bond motifs is 4. The summed E-state index contributed by atoms with van der Waals surface area (Å²) in [6.07, 6.45) is 5.92. The highest BCUT2D eigenvalue weighted by molar-refractivity contribution is 4.97. The van der Waals surface area contributed by atoms with Gasteiger partial charge in [0.2, 0.25) is 0 Å². The van der Waals surface area contributed by atoms with Gasteiger partial charge in [0.15, 0.2) is 0 Å². The highest BCUT2D eigenvalue weighted by atomic mass is 16.5. The van der Waals surface area contributed by atoms with Crippen LogP contribution >= 0.6 is 0 Å². The monoisotopic (exact) mass is 340 g/mol.